The highest BCUT2D eigenvalue weighted by Gasteiger charge is 2.07. The van der Waals surface area contributed by atoms with Crippen LogP contribution in [-0.4, -0.2) is 22.0 Å². The second-order valence-electron chi connectivity index (χ2n) is 5.66. The number of nitrogens with one attached hydrogen (secondary N) is 2. The molecule has 7 heteroatoms. The molecule has 0 spiro atoms. The smallest absolute Gasteiger partial charge is 0.407 e. The molecule has 3 rings (SSSR count). The Labute approximate surface area is 156 Å². The Morgan fingerprint density at radius 1 is 0.926 bits per heavy atom. The lowest BCUT2D eigenvalue weighted by molar-refractivity contribution is 0.102. The van der Waals surface area contributed by atoms with Crippen LogP contribution in [-0.2, 0) is 17.9 Å². The lowest BCUT2D eigenvalue weighted by Gasteiger charge is -2.08. The number of hydrogen-bond acceptors (Lipinski definition) is 5. The van der Waals surface area contributed by atoms with Gasteiger partial charge in [0.15, 0.2) is 0 Å². The Balaban J connectivity index is 1.46. The summed E-state index contributed by atoms with van der Waals surface area (Å²) < 4.78 is 5.15. The zero-order valence-electron chi connectivity index (χ0n) is 14.5. The summed E-state index contributed by atoms with van der Waals surface area (Å²) in [6.07, 6.45) is 2.42. The first-order valence-corrected chi connectivity index (χ1v) is 8.31. The minimum absolute atomic E-state index is 0.217. The van der Waals surface area contributed by atoms with Crippen LogP contribution in [0.25, 0.3) is 0 Å². The molecule has 7 nitrogen and oxygen atoms in total. The highest BCUT2D eigenvalue weighted by molar-refractivity contribution is 6.03. The van der Waals surface area contributed by atoms with Crippen LogP contribution in [0.3, 0.4) is 0 Å². The number of anilines is 1. The number of aromatic nitrogens is 2. The molecule has 1 heterocycles. The molecule has 0 aliphatic rings. The van der Waals surface area contributed by atoms with Gasteiger partial charge in [0.2, 0.25) is 0 Å². The normalized spacial score (nSPS) is 10.1. The van der Waals surface area contributed by atoms with Crippen molar-refractivity contribution in [3.63, 3.8) is 0 Å². The average molecular weight is 362 g/mol. The molecule has 0 unspecified atom stereocenters. The fourth-order valence-electron chi connectivity index (χ4n) is 2.28. The van der Waals surface area contributed by atoms with Crippen molar-refractivity contribution in [1.29, 1.82) is 0 Å². The van der Waals surface area contributed by atoms with Gasteiger partial charge in [0.25, 0.3) is 5.91 Å². The van der Waals surface area contributed by atoms with Crippen LogP contribution in [0.5, 0.6) is 0 Å². The summed E-state index contributed by atoms with van der Waals surface area (Å²) in [4.78, 5) is 31.6. The van der Waals surface area contributed by atoms with E-state index in [1.807, 2.05) is 30.3 Å². The minimum atomic E-state index is -0.496. The Bertz CT molecular complexity index is 884. The van der Waals surface area contributed by atoms with Gasteiger partial charge in [-0.1, -0.05) is 42.5 Å². The van der Waals surface area contributed by atoms with E-state index in [0.717, 1.165) is 11.1 Å². The first kappa shape index (κ1) is 18.1. The van der Waals surface area contributed by atoms with Gasteiger partial charge < -0.3 is 15.4 Å². The standard InChI is InChI=1S/C20H18N4O3/c25-19(24-18-10-11-21-14-23-18)17-8-6-15(7-9-17)12-22-20(26)27-13-16-4-2-1-3-5-16/h1-11,14H,12-13H2,(H,22,26)(H,21,23,24,25). The zero-order chi connectivity index (χ0) is 18.9. The molecule has 2 N–H and O–H groups in total. The number of nitrogens with zero attached hydrogens (tertiary/aromatic N) is 2. The van der Waals surface area contributed by atoms with Crippen LogP contribution in [0.2, 0.25) is 0 Å². The lowest BCUT2D eigenvalue weighted by atomic mass is 10.1. The number of rotatable bonds is 6. The number of amides is 2. The molecule has 0 bridgehead atoms. The third-order valence-electron chi connectivity index (χ3n) is 3.69. The second kappa shape index (κ2) is 9.10. The van der Waals surface area contributed by atoms with E-state index in [2.05, 4.69) is 20.6 Å². The third-order valence-corrected chi connectivity index (χ3v) is 3.69. The van der Waals surface area contributed by atoms with E-state index < -0.39 is 6.09 Å². The third kappa shape index (κ3) is 5.64. The minimum Gasteiger partial charge on any atom is -0.445 e. The van der Waals surface area contributed by atoms with Crippen LogP contribution in [0, 0.1) is 0 Å². The van der Waals surface area contributed by atoms with Gasteiger partial charge in [-0.3, -0.25) is 4.79 Å². The molecule has 0 atom stereocenters. The molecule has 2 aromatic carbocycles. The van der Waals surface area contributed by atoms with Crippen LogP contribution in [0.1, 0.15) is 21.5 Å². The van der Waals surface area contributed by atoms with Crippen molar-refractivity contribution >= 4 is 17.8 Å². The zero-order valence-corrected chi connectivity index (χ0v) is 14.5. The number of benzene rings is 2. The Morgan fingerprint density at radius 2 is 1.70 bits per heavy atom. The van der Waals surface area contributed by atoms with Crippen molar-refractivity contribution in [2.45, 2.75) is 13.2 Å². The maximum atomic E-state index is 12.2. The van der Waals surface area contributed by atoms with Crippen LogP contribution < -0.4 is 10.6 Å². The summed E-state index contributed by atoms with van der Waals surface area (Å²) in [6.45, 7) is 0.524. The molecule has 0 aliphatic carbocycles. The van der Waals surface area contributed by atoms with E-state index in [-0.39, 0.29) is 12.5 Å². The average Bonchev–Trinajstić information content (AvgIpc) is 2.72. The monoisotopic (exact) mass is 362 g/mol. The van der Waals surface area contributed by atoms with Gasteiger partial charge in [-0.15, -0.1) is 0 Å². The summed E-state index contributed by atoms with van der Waals surface area (Å²) in [5.41, 5.74) is 2.26. The van der Waals surface area contributed by atoms with Crippen molar-refractivity contribution in [2.75, 3.05) is 5.32 Å². The number of carbonyl (C=O) groups excluding carboxylic acids is 2. The van der Waals surface area contributed by atoms with Crippen molar-refractivity contribution in [1.82, 2.24) is 15.3 Å². The molecule has 2 amide bonds. The molecule has 1 aromatic heterocycles. The molecule has 27 heavy (non-hydrogen) atoms. The van der Waals surface area contributed by atoms with Crippen molar-refractivity contribution in [3.05, 3.63) is 89.9 Å². The number of alkyl carbamates (subject to hydrolysis) is 1. The first-order valence-electron chi connectivity index (χ1n) is 8.31. The molecule has 0 radical (unpaired) electrons. The Morgan fingerprint density at radius 3 is 2.41 bits per heavy atom. The predicted molar refractivity (Wildman–Crippen MR) is 99.9 cm³/mol. The highest BCUT2D eigenvalue weighted by Crippen LogP contribution is 2.08. The van der Waals surface area contributed by atoms with E-state index >= 15 is 0 Å². The maximum absolute atomic E-state index is 12.2. The van der Waals surface area contributed by atoms with Gasteiger partial charge in [0.1, 0.15) is 18.8 Å². The topological polar surface area (TPSA) is 93.2 Å². The highest BCUT2D eigenvalue weighted by atomic mass is 16.5. The van der Waals surface area contributed by atoms with Gasteiger partial charge in [-0.05, 0) is 29.3 Å². The van der Waals surface area contributed by atoms with E-state index in [0.29, 0.717) is 17.9 Å². The van der Waals surface area contributed by atoms with Gasteiger partial charge in [-0.2, -0.15) is 0 Å². The Kier molecular flexibility index (Phi) is 6.08. The molecule has 136 valence electrons. The molecular formula is C20H18N4O3. The lowest BCUT2D eigenvalue weighted by Crippen LogP contribution is -2.23. The quantitative estimate of drug-likeness (QED) is 0.703. The van der Waals surface area contributed by atoms with Gasteiger partial charge >= 0.3 is 6.09 Å². The summed E-state index contributed by atoms with van der Waals surface area (Å²) in [5.74, 6) is 0.164. The summed E-state index contributed by atoms with van der Waals surface area (Å²) in [6, 6.07) is 18.0. The van der Waals surface area contributed by atoms with Crippen molar-refractivity contribution in [3.8, 4) is 0 Å². The van der Waals surface area contributed by atoms with E-state index in [4.69, 9.17) is 4.74 Å². The van der Waals surface area contributed by atoms with Gasteiger partial charge in [0, 0.05) is 18.3 Å². The van der Waals surface area contributed by atoms with Crippen LogP contribution >= 0.6 is 0 Å². The van der Waals surface area contributed by atoms with Crippen molar-refractivity contribution in [2.24, 2.45) is 0 Å². The maximum Gasteiger partial charge on any atom is 0.407 e. The fraction of sp³-hybridized carbons (Fsp3) is 0.100. The molecule has 0 saturated carbocycles. The molecular weight excluding hydrogens is 344 g/mol. The fourth-order valence-corrected chi connectivity index (χ4v) is 2.28. The number of ether oxygens (including phenoxy) is 1. The van der Waals surface area contributed by atoms with Gasteiger partial charge in [0.05, 0.1) is 0 Å². The largest absolute Gasteiger partial charge is 0.445 e. The van der Waals surface area contributed by atoms with E-state index in [1.165, 1.54) is 6.33 Å². The summed E-state index contributed by atoms with van der Waals surface area (Å²) >= 11 is 0. The number of carbonyl (C=O) groups is 2. The SMILES string of the molecule is O=C(NCc1ccc(C(=O)Nc2ccncn2)cc1)OCc1ccccc1. The van der Waals surface area contributed by atoms with E-state index in [1.54, 1.807) is 36.5 Å². The van der Waals surface area contributed by atoms with Crippen molar-refractivity contribution < 1.29 is 14.3 Å². The van der Waals surface area contributed by atoms with Crippen LogP contribution in [0.15, 0.2) is 73.2 Å². The van der Waals surface area contributed by atoms with Crippen LogP contribution in [0.4, 0.5) is 10.6 Å². The predicted octanol–water partition coefficient (Wildman–Crippen LogP) is 3.16. The second-order valence-corrected chi connectivity index (χ2v) is 5.66. The molecule has 0 fully saturated rings. The van der Waals surface area contributed by atoms with E-state index in [9.17, 15) is 9.59 Å². The Hall–Kier alpha value is -3.74. The first-order chi connectivity index (χ1) is 13.2. The number of hydrogen-bond donors (Lipinski definition) is 2. The summed E-state index contributed by atoms with van der Waals surface area (Å²) in [5, 5.41) is 5.36. The summed E-state index contributed by atoms with van der Waals surface area (Å²) in [7, 11) is 0. The molecule has 3 aromatic rings. The van der Waals surface area contributed by atoms with Gasteiger partial charge in [-0.25, -0.2) is 14.8 Å². The molecule has 0 saturated heterocycles. The molecule has 0 aliphatic heterocycles.